The average molecular weight is 695 g/mol. The second-order valence-electron chi connectivity index (χ2n) is 12.8. The SMILES string of the molecule is C.CCC[C@H](NC(=O)[C@@H](NC(=O)c1ccc(O)c([N+](=O)[O-])c1)[C@@H](C)CC)C(=O)N[C@@H](CC(C)C)[C@@H](O)CC(=O)N[C@H](C(=O)NCC)C(C)C. The molecule has 0 fully saturated rings. The molecule has 0 saturated carbocycles. The molecule has 6 atom stereocenters. The Morgan fingerprint density at radius 1 is 0.878 bits per heavy atom. The van der Waals surface area contributed by atoms with Crippen LogP contribution < -0.4 is 26.6 Å². The molecule has 0 radical (unpaired) electrons. The molecule has 0 spiro atoms. The summed E-state index contributed by atoms with van der Waals surface area (Å²) < 4.78 is 0. The highest BCUT2D eigenvalue weighted by Crippen LogP contribution is 2.26. The number of aromatic hydroxyl groups is 1. The fraction of sp³-hybridized carbons (Fsp3) is 0.676. The molecule has 15 nitrogen and oxygen atoms in total. The Balaban J connectivity index is 0.0000230. The Morgan fingerprint density at radius 2 is 1.51 bits per heavy atom. The van der Waals surface area contributed by atoms with Crippen molar-refractivity contribution in [1.29, 1.82) is 0 Å². The summed E-state index contributed by atoms with van der Waals surface area (Å²) in [5.74, 6) is -4.09. The third-order valence-corrected chi connectivity index (χ3v) is 7.96. The minimum Gasteiger partial charge on any atom is -0.502 e. The van der Waals surface area contributed by atoms with Crippen molar-refractivity contribution in [2.45, 2.75) is 125 Å². The normalized spacial score (nSPS) is 14.7. The van der Waals surface area contributed by atoms with Gasteiger partial charge < -0.3 is 36.8 Å². The highest BCUT2D eigenvalue weighted by Gasteiger charge is 2.33. The lowest BCUT2D eigenvalue weighted by Crippen LogP contribution is -2.58. The van der Waals surface area contributed by atoms with Crippen LogP contribution in [0.3, 0.4) is 0 Å². The number of carbonyl (C=O) groups is 5. The number of nitrogens with zero attached hydrogens (tertiary/aromatic N) is 1. The molecule has 0 unspecified atom stereocenters. The van der Waals surface area contributed by atoms with Gasteiger partial charge in [-0.15, -0.1) is 0 Å². The third kappa shape index (κ3) is 14.4. The fourth-order valence-electron chi connectivity index (χ4n) is 5.04. The number of nitrogens with one attached hydrogen (secondary N) is 5. The molecular formula is C34H58N6O9. The number of phenols is 1. The predicted octanol–water partition coefficient (Wildman–Crippen LogP) is 2.92. The largest absolute Gasteiger partial charge is 0.502 e. The zero-order valence-corrected chi connectivity index (χ0v) is 29.3. The molecule has 15 heteroatoms. The number of hydrogen-bond acceptors (Lipinski definition) is 9. The summed E-state index contributed by atoms with van der Waals surface area (Å²) >= 11 is 0. The molecule has 278 valence electrons. The van der Waals surface area contributed by atoms with Crippen molar-refractivity contribution in [3.8, 4) is 5.75 Å². The van der Waals surface area contributed by atoms with Crippen LogP contribution in [0.15, 0.2) is 18.2 Å². The molecule has 0 aliphatic heterocycles. The van der Waals surface area contributed by atoms with E-state index in [-0.39, 0.29) is 43.6 Å². The lowest BCUT2D eigenvalue weighted by atomic mass is 9.95. The molecule has 0 aliphatic carbocycles. The van der Waals surface area contributed by atoms with Crippen LogP contribution in [0, 0.1) is 27.9 Å². The number of phenolic OH excluding ortho intramolecular Hbond substituents is 1. The molecule has 0 heterocycles. The lowest BCUT2D eigenvalue weighted by Gasteiger charge is -2.30. The van der Waals surface area contributed by atoms with Crippen molar-refractivity contribution in [3.63, 3.8) is 0 Å². The number of hydrogen-bond donors (Lipinski definition) is 7. The number of rotatable bonds is 20. The topological polar surface area (TPSA) is 229 Å². The van der Waals surface area contributed by atoms with Crippen LogP contribution in [-0.4, -0.2) is 81.5 Å². The maximum absolute atomic E-state index is 13.6. The van der Waals surface area contributed by atoms with Crippen LogP contribution in [0.4, 0.5) is 5.69 Å². The summed E-state index contributed by atoms with van der Waals surface area (Å²) in [7, 11) is 0. The Morgan fingerprint density at radius 3 is 2.02 bits per heavy atom. The summed E-state index contributed by atoms with van der Waals surface area (Å²) in [5.41, 5.74) is -0.798. The zero-order chi connectivity index (χ0) is 36.7. The van der Waals surface area contributed by atoms with E-state index in [4.69, 9.17) is 0 Å². The van der Waals surface area contributed by atoms with E-state index in [1.807, 2.05) is 27.7 Å². The van der Waals surface area contributed by atoms with E-state index in [2.05, 4.69) is 26.6 Å². The van der Waals surface area contributed by atoms with E-state index in [1.165, 1.54) is 6.07 Å². The summed E-state index contributed by atoms with van der Waals surface area (Å²) in [4.78, 5) is 75.8. The summed E-state index contributed by atoms with van der Waals surface area (Å²) in [6.45, 7) is 14.9. The lowest BCUT2D eigenvalue weighted by molar-refractivity contribution is -0.385. The number of aliphatic hydroxyl groups excluding tert-OH is 1. The van der Waals surface area contributed by atoms with Crippen molar-refractivity contribution in [2.24, 2.45) is 17.8 Å². The number of carbonyl (C=O) groups excluding carboxylic acids is 5. The Bertz CT molecular complexity index is 1270. The molecule has 1 aromatic carbocycles. The second kappa shape index (κ2) is 21.6. The summed E-state index contributed by atoms with van der Waals surface area (Å²) in [6, 6.07) is -0.675. The first-order chi connectivity index (χ1) is 22.5. The van der Waals surface area contributed by atoms with Crippen LogP contribution in [0.25, 0.3) is 0 Å². The number of nitro benzene ring substituents is 1. The highest BCUT2D eigenvalue weighted by atomic mass is 16.6. The number of benzene rings is 1. The Kier molecular flexibility index (Phi) is 19.8. The van der Waals surface area contributed by atoms with Crippen molar-refractivity contribution in [2.75, 3.05) is 6.54 Å². The highest BCUT2D eigenvalue weighted by molar-refractivity contribution is 5.99. The van der Waals surface area contributed by atoms with E-state index in [9.17, 15) is 44.3 Å². The first-order valence-corrected chi connectivity index (χ1v) is 16.6. The number of nitro groups is 1. The van der Waals surface area contributed by atoms with Gasteiger partial charge in [0.1, 0.15) is 18.1 Å². The van der Waals surface area contributed by atoms with E-state index in [0.29, 0.717) is 25.8 Å². The van der Waals surface area contributed by atoms with Crippen molar-refractivity contribution >= 4 is 35.2 Å². The quantitative estimate of drug-likeness (QED) is 0.0785. The predicted molar refractivity (Wildman–Crippen MR) is 187 cm³/mol. The minimum absolute atomic E-state index is 0. The van der Waals surface area contributed by atoms with Gasteiger partial charge >= 0.3 is 5.69 Å². The van der Waals surface area contributed by atoms with Gasteiger partial charge in [0.2, 0.25) is 23.6 Å². The van der Waals surface area contributed by atoms with Crippen LogP contribution in [-0.2, 0) is 19.2 Å². The van der Waals surface area contributed by atoms with Crippen molar-refractivity contribution in [1.82, 2.24) is 26.6 Å². The molecule has 1 aromatic rings. The molecule has 0 saturated heterocycles. The third-order valence-electron chi connectivity index (χ3n) is 7.96. The first-order valence-electron chi connectivity index (χ1n) is 16.6. The van der Waals surface area contributed by atoms with Gasteiger partial charge in [-0.3, -0.25) is 34.1 Å². The number of amides is 5. The standard InChI is InChI=1S/C33H54N6O9.CH4/c1-9-12-22(35-33(46)29(20(8)10-2)38-30(43)21-13-14-25(40)24(16-21)39(47)48)31(44)36-23(15-18(4)5)26(41)17-27(42)37-28(19(6)7)32(45)34-11-3;/h13-14,16,18-20,22-23,26,28-29,40-41H,9-12,15,17H2,1-8H3,(H,34,45)(H,35,46)(H,36,44)(H,37,42)(H,38,43);1H4/t20-,22-,23-,26-,28-,29-;/m0./s1. The van der Waals surface area contributed by atoms with Crippen LogP contribution in [0.5, 0.6) is 5.75 Å². The zero-order valence-electron chi connectivity index (χ0n) is 29.3. The van der Waals surface area contributed by atoms with Gasteiger partial charge in [0.15, 0.2) is 5.75 Å². The number of likely N-dealkylation sites (N-methyl/N-ethyl adjacent to an activating group) is 1. The Labute approximate surface area is 289 Å². The smallest absolute Gasteiger partial charge is 0.311 e. The van der Waals surface area contributed by atoms with Gasteiger partial charge in [0.25, 0.3) is 5.91 Å². The Hall–Kier alpha value is -4.27. The van der Waals surface area contributed by atoms with Crippen LogP contribution in [0.2, 0.25) is 0 Å². The molecular weight excluding hydrogens is 636 g/mol. The van der Waals surface area contributed by atoms with Crippen molar-refractivity contribution in [3.05, 3.63) is 33.9 Å². The van der Waals surface area contributed by atoms with Gasteiger partial charge in [-0.2, -0.15) is 0 Å². The maximum atomic E-state index is 13.6. The van der Waals surface area contributed by atoms with Crippen LogP contribution >= 0.6 is 0 Å². The van der Waals surface area contributed by atoms with E-state index < -0.39 is 76.2 Å². The summed E-state index contributed by atoms with van der Waals surface area (Å²) in [5, 5.41) is 45.5. The fourth-order valence-corrected chi connectivity index (χ4v) is 5.04. The molecule has 5 amide bonds. The molecule has 49 heavy (non-hydrogen) atoms. The molecule has 0 bridgehead atoms. The van der Waals surface area contributed by atoms with Gasteiger partial charge in [-0.05, 0) is 49.7 Å². The molecule has 0 aliphatic rings. The average Bonchev–Trinajstić information content (AvgIpc) is 3.00. The van der Waals surface area contributed by atoms with E-state index in [1.54, 1.807) is 27.7 Å². The minimum atomic E-state index is -1.29. The van der Waals surface area contributed by atoms with Gasteiger partial charge in [0, 0.05) is 18.2 Å². The van der Waals surface area contributed by atoms with Crippen molar-refractivity contribution < 1.29 is 39.1 Å². The second-order valence-corrected chi connectivity index (χ2v) is 12.8. The van der Waals surface area contributed by atoms with Crippen LogP contribution in [0.1, 0.15) is 105 Å². The molecule has 1 rings (SSSR count). The van der Waals surface area contributed by atoms with Gasteiger partial charge in [-0.25, -0.2) is 0 Å². The molecule has 7 N–H and O–H groups in total. The number of aliphatic hydroxyl groups is 1. The summed E-state index contributed by atoms with van der Waals surface area (Å²) in [6.07, 6.45) is -0.133. The first kappa shape index (κ1) is 44.7. The van der Waals surface area contributed by atoms with Gasteiger partial charge in [0.05, 0.1) is 23.5 Å². The monoisotopic (exact) mass is 694 g/mol. The van der Waals surface area contributed by atoms with E-state index >= 15 is 0 Å². The maximum Gasteiger partial charge on any atom is 0.311 e. The molecule has 0 aromatic heterocycles. The van der Waals surface area contributed by atoms with Gasteiger partial charge in [-0.1, -0.05) is 68.7 Å². The van der Waals surface area contributed by atoms with E-state index in [0.717, 1.165) is 12.1 Å².